The molecule has 0 saturated heterocycles. The van der Waals surface area contributed by atoms with Gasteiger partial charge in [0.15, 0.2) is 0 Å². The molecule has 0 fully saturated rings. The van der Waals surface area contributed by atoms with Crippen LogP contribution in [0.1, 0.15) is 47.2 Å². The van der Waals surface area contributed by atoms with E-state index in [-0.39, 0.29) is 11.9 Å². The van der Waals surface area contributed by atoms with Gasteiger partial charge in [-0.15, -0.1) is 0 Å². The normalized spacial score (nSPS) is 12.0. The molecule has 1 amide bonds. The molecule has 0 bridgehead atoms. The smallest absolute Gasteiger partial charge is 0.224 e. The summed E-state index contributed by atoms with van der Waals surface area (Å²) in [5.41, 5.74) is 5.94. The molecule has 22 heavy (non-hydrogen) atoms. The maximum atomic E-state index is 12.4. The van der Waals surface area contributed by atoms with Crippen molar-refractivity contribution in [2.24, 2.45) is 0 Å². The molecular weight excluding hydrogens is 270 g/mol. The Morgan fingerprint density at radius 2 is 1.77 bits per heavy atom. The number of hydrogen-bond acceptors (Lipinski definition) is 1. The fraction of sp³-hybridized carbons (Fsp3) is 0.350. The lowest BCUT2D eigenvalue weighted by Crippen LogP contribution is -2.30. The third kappa shape index (κ3) is 3.97. The number of aryl methyl sites for hydroxylation is 3. The Bertz CT molecular complexity index is 661. The van der Waals surface area contributed by atoms with Crippen molar-refractivity contribution < 1.29 is 4.79 Å². The average Bonchev–Trinajstić information content (AvgIpc) is 2.48. The monoisotopic (exact) mass is 295 g/mol. The summed E-state index contributed by atoms with van der Waals surface area (Å²) in [5.74, 6) is 0.0852. The molecule has 0 aliphatic heterocycles. The molecule has 1 N–H and O–H groups in total. The van der Waals surface area contributed by atoms with Gasteiger partial charge in [0.1, 0.15) is 0 Å². The number of benzene rings is 2. The van der Waals surface area contributed by atoms with Crippen LogP contribution in [0.2, 0.25) is 0 Å². The Hall–Kier alpha value is -2.09. The molecule has 2 heteroatoms. The number of rotatable bonds is 5. The highest BCUT2D eigenvalue weighted by Crippen LogP contribution is 2.20. The van der Waals surface area contributed by atoms with Crippen LogP contribution < -0.4 is 5.32 Å². The van der Waals surface area contributed by atoms with Gasteiger partial charge in [-0.1, -0.05) is 55.0 Å². The lowest BCUT2D eigenvalue weighted by molar-refractivity contribution is -0.121. The molecule has 0 aliphatic rings. The lowest BCUT2D eigenvalue weighted by atomic mass is 9.98. The molecule has 2 aromatic carbocycles. The summed E-state index contributed by atoms with van der Waals surface area (Å²) in [6.45, 7) is 8.33. The molecular formula is C20H25NO. The number of carbonyl (C=O) groups is 1. The Balaban J connectivity index is 2.08. The second kappa shape index (κ2) is 7.26. The van der Waals surface area contributed by atoms with Crippen LogP contribution in [-0.2, 0) is 11.2 Å². The highest BCUT2D eigenvalue weighted by molar-refractivity contribution is 5.79. The molecule has 0 saturated carbocycles. The molecule has 2 rings (SSSR count). The SMILES string of the molecule is CCC(NC(=O)Cc1ccc(C)cc1C)c1ccccc1C. The van der Waals surface area contributed by atoms with Crippen molar-refractivity contribution >= 4 is 5.91 Å². The minimum absolute atomic E-state index is 0.0828. The second-order valence-electron chi connectivity index (χ2n) is 5.99. The third-order valence-electron chi connectivity index (χ3n) is 4.16. The van der Waals surface area contributed by atoms with Crippen LogP contribution in [0, 0.1) is 20.8 Å². The van der Waals surface area contributed by atoms with E-state index in [9.17, 15) is 4.79 Å². The number of hydrogen-bond donors (Lipinski definition) is 1. The van der Waals surface area contributed by atoms with Crippen LogP contribution in [0.3, 0.4) is 0 Å². The van der Waals surface area contributed by atoms with Crippen LogP contribution in [0.5, 0.6) is 0 Å². The first kappa shape index (κ1) is 16.3. The van der Waals surface area contributed by atoms with E-state index in [1.807, 2.05) is 12.1 Å². The Morgan fingerprint density at radius 1 is 1.05 bits per heavy atom. The van der Waals surface area contributed by atoms with Crippen LogP contribution in [-0.4, -0.2) is 5.91 Å². The fourth-order valence-corrected chi connectivity index (χ4v) is 2.84. The molecule has 2 nitrogen and oxygen atoms in total. The molecule has 1 unspecified atom stereocenters. The average molecular weight is 295 g/mol. The van der Waals surface area contributed by atoms with Crippen LogP contribution in [0.15, 0.2) is 42.5 Å². The fourth-order valence-electron chi connectivity index (χ4n) is 2.84. The minimum Gasteiger partial charge on any atom is -0.349 e. The van der Waals surface area contributed by atoms with Crippen molar-refractivity contribution in [3.63, 3.8) is 0 Å². The quantitative estimate of drug-likeness (QED) is 0.869. The van der Waals surface area contributed by atoms with E-state index < -0.39 is 0 Å². The van der Waals surface area contributed by atoms with Gasteiger partial charge in [0.05, 0.1) is 12.5 Å². The summed E-state index contributed by atoms with van der Waals surface area (Å²) in [6, 6.07) is 14.6. The number of nitrogens with one attached hydrogen (secondary N) is 1. The zero-order chi connectivity index (χ0) is 16.1. The van der Waals surface area contributed by atoms with Gasteiger partial charge in [-0.25, -0.2) is 0 Å². The predicted molar refractivity (Wildman–Crippen MR) is 92.0 cm³/mol. The van der Waals surface area contributed by atoms with Crippen molar-refractivity contribution in [1.82, 2.24) is 5.32 Å². The second-order valence-corrected chi connectivity index (χ2v) is 5.99. The standard InChI is InChI=1S/C20H25NO/c1-5-19(18-9-7-6-8-15(18)3)21-20(22)13-17-11-10-14(2)12-16(17)4/h6-12,19H,5,13H2,1-4H3,(H,21,22). The highest BCUT2D eigenvalue weighted by atomic mass is 16.1. The van der Waals surface area contributed by atoms with Crippen molar-refractivity contribution in [3.8, 4) is 0 Å². The molecule has 0 spiro atoms. The van der Waals surface area contributed by atoms with Gasteiger partial charge in [-0.05, 0) is 49.4 Å². The summed E-state index contributed by atoms with van der Waals surface area (Å²) in [6.07, 6.45) is 1.33. The predicted octanol–water partition coefficient (Wildman–Crippen LogP) is 4.42. The Labute approximate surface area is 133 Å². The molecule has 116 valence electrons. The van der Waals surface area contributed by atoms with E-state index in [0.29, 0.717) is 6.42 Å². The van der Waals surface area contributed by atoms with E-state index in [2.05, 4.69) is 63.3 Å². The van der Waals surface area contributed by atoms with Gasteiger partial charge in [0.25, 0.3) is 0 Å². The minimum atomic E-state index is 0.0828. The van der Waals surface area contributed by atoms with Crippen LogP contribution in [0.4, 0.5) is 0 Å². The zero-order valence-corrected chi connectivity index (χ0v) is 13.9. The lowest BCUT2D eigenvalue weighted by Gasteiger charge is -2.20. The maximum Gasteiger partial charge on any atom is 0.224 e. The number of amides is 1. The number of carbonyl (C=O) groups excluding carboxylic acids is 1. The Kier molecular flexibility index (Phi) is 5.37. The largest absolute Gasteiger partial charge is 0.349 e. The van der Waals surface area contributed by atoms with E-state index in [4.69, 9.17) is 0 Å². The van der Waals surface area contributed by atoms with Gasteiger partial charge in [-0.2, -0.15) is 0 Å². The first-order valence-electron chi connectivity index (χ1n) is 7.92. The third-order valence-corrected chi connectivity index (χ3v) is 4.16. The van der Waals surface area contributed by atoms with Gasteiger partial charge in [0, 0.05) is 0 Å². The van der Waals surface area contributed by atoms with Crippen molar-refractivity contribution in [3.05, 3.63) is 70.3 Å². The highest BCUT2D eigenvalue weighted by Gasteiger charge is 2.15. The van der Waals surface area contributed by atoms with E-state index in [1.165, 1.54) is 22.3 Å². The van der Waals surface area contributed by atoms with E-state index in [0.717, 1.165) is 12.0 Å². The molecule has 2 aromatic rings. The molecule has 0 aliphatic carbocycles. The zero-order valence-electron chi connectivity index (χ0n) is 13.9. The summed E-state index contributed by atoms with van der Waals surface area (Å²) >= 11 is 0. The Morgan fingerprint density at radius 3 is 2.41 bits per heavy atom. The topological polar surface area (TPSA) is 29.1 Å². The summed E-state index contributed by atoms with van der Waals surface area (Å²) in [5, 5.41) is 3.18. The summed E-state index contributed by atoms with van der Waals surface area (Å²) < 4.78 is 0. The van der Waals surface area contributed by atoms with Crippen LogP contribution >= 0.6 is 0 Å². The summed E-state index contributed by atoms with van der Waals surface area (Å²) in [7, 11) is 0. The van der Waals surface area contributed by atoms with E-state index in [1.54, 1.807) is 0 Å². The maximum absolute atomic E-state index is 12.4. The van der Waals surface area contributed by atoms with Gasteiger partial charge < -0.3 is 5.32 Å². The van der Waals surface area contributed by atoms with Gasteiger partial charge >= 0.3 is 0 Å². The van der Waals surface area contributed by atoms with Crippen LogP contribution in [0.25, 0.3) is 0 Å². The summed E-state index contributed by atoms with van der Waals surface area (Å²) in [4.78, 5) is 12.4. The molecule has 0 radical (unpaired) electrons. The molecule has 0 heterocycles. The van der Waals surface area contributed by atoms with Crippen molar-refractivity contribution in [2.75, 3.05) is 0 Å². The molecule has 1 atom stereocenters. The van der Waals surface area contributed by atoms with Gasteiger partial charge in [0.2, 0.25) is 5.91 Å². The van der Waals surface area contributed by atoms with Crippen molar-refractivity contribution in [1.29, 1.82) is 0 Å². The van der Waals surface area contributed by atoms with Crippen molar-refractivity contribution in [2.45, 2.75) is 46.6 Å². The first-order chi connectivity index (χ1) is 10.5. The van der Waals surface area contributed by atoms with E-state index >= 15 is 0 Å². The molecule has 0 aromatic heterocycles. The first-order valence-corrected chi connectivity index (χ1v) is 7.92. The van der Waals surface area contributed by atoms with Gasteiger partial charge in [-0.3, -0.25) is 4.79 Å².